The zero-order chi connectivity index (χ0) is 19.2. The summed E-state index contributed by atoms with van der Waals surface area (Å²) >= 11 is 6.29. The second kappa shape index (κ2) is 8.95. The van der Waals surface area contributed by atoms with Gasteiger partial charge in [0.05, 0.1) is 24.3 Å². The van der Waals surface area contributed by atoms with Gasteiger partial charge in [0.15, 0.2) is 11.5 Å². The Kier molecular flexibility index (Phi) is 6.93. The van der Waals surface area contributed by atoms with Crippen molar-refractivity contribution in [1.29, 1.82) is 5.26 Å². The molecule has 0 aromatic heterocycles. The lowest BCUT2D eigenvalue weighted by Gasteiger charge is -2.31. The average Bonchev–Trinajstić information content (AvgIpc) is 2.62. The van der Waals surface area contributed by atoms with Crippen molar-refractivity contribution in [2.24, 2.45) is 0 Å². The maximum absolute atomic E-state index is 12.3. The third kappa shape index (κ3) is 5.15. The van der Waals surface area contributed by atoms with Crippen molar-refractivity contribution in [2.45, 2.75) is 57.6 Å². The number of ether oxygens (including phenoxy) is 2. The zero-order valence-corrected chi connectivity index (χ0v) is 16.2. The molecular formula is C20H25ClN2O3. The fourth-order valence-electron chi connectivity index (χ4n) is 3.06. The quantitative estimate of drug-likeness (QED) is 0.742. The Morgan fingerprint density at radius 3 is 2.62 bits per heavy atom. The van der Waals surface area contributed by atoms with Crippen LogP contribution in [0.25, 0.3) is 6.08 Å². The summed E-state index contributed by atoms with van der Waals surface area (Å²) in [4.78, 5) is 12.3. The molecule has 140 valence electrons. The number of nitriles is 1. The monoisotopic (exact) mass is 376 g/mol. The maximum atomic E-state index is 12.3. The van der Waals surface area contributed by atoms with Crippen LogP contribution in [0.4, 0.5) is 0 Å². The van der Waals surface area contributed by atoms with Crippen LogP contribution in [0.3, 0.4) is 0 Å². The Morgan fingerprint density at radius 2 is 2.04 bits per heavy atom. The number of amides is 1. The van der Waals surface area contributed by atoms with Crippen molar-refractivity contribution < 1.29 is 14.3 Å². The highest BCUT2D eigenvalue weighted by molar-refractivity contribution is 6.32. The molecule has 1 amide bonds. The smallest absolute Gasteiger partial charge is 0.245 e. The lowest BCUT2D eigenvalue weighted by molar-refractivity contribution is -0.118. The van der Waals surface area contributed by atoms with Crippen LogP contribution in [-0.2, 0) is 4.79 Å². The maximum Gasteiger partial charge on any atom is 0.245 e. The van der Waals surface area contributed by atoms with E-state index < -0.39 is 5.54 Å². The van der Waals surface area contributed by atoms with E-state index in [1.54, 1.807) is 25.3 Å². The van der Waals surface area contributed by atoms with E-state index in [9.17, 15) is 10.1 Å². The van der Waals surface area contributed by atoms with Crippen LogP contribution in [-0.4, -0.2) is 24.7 Å². The molecule has 1 aliphatic rings. The zero-order valence-electron chi connectivity index (χ0n) is 15.5. The SMILES string of the molecule is COc1cc(/C=C/C(=O)NC2(C#N)CCCCC2)cc(Cl)c1OC(C)C. The molecule has 1 aromatic carbocycles. The standard InChI is InChI=1S/C20H25ClN2O3/c1-14(2)26-19-16(21)11-15(12-17(19)25-3)7-8-18(24)23-20(13-22)9-5-4-6-10-20/h7-8,11-12,14H,4-6,9-10H2,1-3H3,(H,23,24)/b8-7+. The highest BCUT2D eigenvalue weighted by Gasteiger charge is 2.32. The summed E-state index contributed by atoms with van der Waals surface area (Å²) in [5, 5.41) is 12.7. The molecule has 1 saturated carbocycles. The first-order chi connectivity index (χ1) is 12.4. The third-order valence-corrected chi connectivity index (χ3v) is 4.60. The van der Waals surface area contributed by atoms with Crippen LogP contribution in [0.5, 0.6) is 11.5 Å². The van der Waals surface area contributed by atoms with Gasteiger partial charge in [0, 0.05) is 6.08 Å². The van der Waals surface area contributed by atoms with E-state index in [1.165, 1.54) is 6.08 Å². The lowest BCUT2D eigenvalue weighted by Crippen LogP contribution is -2.48. The molecule has 0 aliphatic heterocycles. The summed E-state index contributed by atoms with van der Waals surface area (Å²) in [6.45, 7) is 3.81. The number of carbonyl (C=O) groups is 1. The first-order valence-corrected chi connectivity index (χ1v) is 9.22. The van der Waals surface area contributed by atoms with E-state index in [4.69, 9.17) is 21.1 Å². The predicted octanol–water partition coefficient (Wildman–Crippen LogP) is 4.49. The molecule has 0 atom stereocenters. The highest BCUT2D eigenvalue weighted by Crippen LogP contribution is 2.37. The van der Waals surface area contributed by atoms with Crippen LogP contribution in [0.15, 0.2) is 18.2 Å². The number of nitrogens with zero attached hydrogens (tertiary/aromatic N) is 1. The van der Waals surface area contributed by atoms with Gasteiger partial charge in [-0.3, -0.25) is 4.79 Å². The predicted molar refractivity (Wildman–Crippen MR) is 102 cm³/mol. The molecule has 5 nitrogen and oxygen atoms in total. The van der Waals surface area contributed by atoms with Crippen LogP contribution in [0.2, 0.25) is 5.02 Å². The van der Waals surface area contributed by atoms with Gasteiger partial charge in [0.25, 0.3) is 0 Å². The first kappa shape index (κ1) is 20.1. The number of hydrogen-bond donors (Lipinski definition) is 1. The fraction of sp³-hybridized carbons (Fsp3) is 0.500. The van der Waals surface area contributed by atoms with E-state index in [-0.39, 0.29) is 12.0 Å². The van der Waals surface area contributed by atoms with Crippen molar-refractivity contribution in [2.75, 3.05) is 7.11 Å². The topological polar surface area (TPSA) is 71.3 Å². The van der Waals surface area contributed by atoms with Gasteiger partial charge in [0.1, 0.15) is 5.54 Å². The van der Waals surface area contributed by atoms with Gasteiger partial charge in [0.2, 0.25) is 5.91 Å². The Morgan fingerprint density at radius 1 is 1.35 bits per heavy atom. The molecule has 0 radical (unpaired) electrons. The van der Waals surface area contributed by atoms with Crippen molar-refractivity contribution in [3.8, 4) is 17.6 Å². The van der Waals surface area contributed by atoms with Gasteiger partial charge in [-0.15, -0.1) is 0 Å². The van der Waals surface area contributed by atoms with Crippen molar-refractivity contribution >= 4 is 23.6 Å². The summed E-state index contributed by atoms with van der Waals surface area (Å²) in [5.74, 6) is 0.703. The summed E-state index contributed by atoms with van der Waals surface area (Å²) in [6, 6.07) is 5.75. The fourth-order valence-corrected chi connectivity index (χ4v) is 3.32. The molecular weight excluding hydrogens is 352 g/mol. The van der Waals surface area contributed by atoms with E-state index in [2.05, 4.69) is 11.4 Å². The molecule has 26 heavy (non-hydrogen) atoms. The Hall–Kier alpha value is -2.19. The summed E-state index contributed by atoms with van der Waals surface area (Å²) in [5.41, 5.74) is -0.0305. The highest BCUT2D eigenvalue weighted by atomic mass is 35.5. The van der Waals surface area contributed by atoms with E-state index >= 15 is 0 Å². The minimum Gasteiger partial charge on any atom is -0.493 e. The molecule has 1 fully saturated rings. The Labute approximate surface area is 159 Å². The average molecular weight is 377 g/mol. The number of rotatable bonds is 6. The minimum atomic E-state index is -0.746. The molecule has 2 rings (SSSR count). The largest absolute Gasteiger partial charge is 0.493 e. The van der Waals surface area contributed by atoms with E-state index in [0.717, 1.165) is 19.3 Å². The Bertz CT molecular complexity index is 717. The summed E-state index contributed by atoms with van der Waals surface area (Å²) < 4.78 is 11.0. The number of carbonyl (C=O) groups excluding carboxylic acids is 1. The van der Waals surface area contributed by atoms with Crippen LogP contribution < -0.4 is 14.8 Å². The third-order valence-electron chi connectivity index (χ3n) is 4.32. The number of methoxy groups -OCH3 is 1. The molecule has 1 N–H and O–H groups in total. The lowest BCUT2D eigenvalue weighted by atomic mass is 9.83. The molecule has 0 heterocycles. The first-order valence-electron chi connectivity index (χ1n) is 8.85. The number of halogens is 1. The normalized spacial score (nSPS) is 16.3. The van der Waals surface area contributed by atoms with E-state index in [0.29, 0.717) is 34.9 Å². The van der Waals surface area contributed by atoms with Gasteiger partial charge in [-0.25, -0.2) is 0 Å². The Balaban J connectivity index is 2.13. The molecule has 0 unspecified atom stereocenters. The second-order valence-corrected chi connectivity index (χ2v) is 7.19. The van der Waals surface area contributed by atoms with Crippen molar-refractivity contribution in [3.63, 3.8) is 0 Å². The number of nitrogens with one attached hydrogen (secondary N) is 1. The van der Waals surface area contributed by atoms with E-state index in [1.807, 2.05) is 13.8 Å². The van der Waals surface area contributed by atoms with Gasteiger partial charge >= 0.3 is 0 Å². The molecule has 0 spiro atoms. The molecule has 6 heteroatoms. The summed E-state index contributed by atoms with van der Waals surface area (Å²) in [7, 11) is 1.54. The van der Waals surface area contributed by atoms with Crippen molar-refractivity contribution in [3.05, 3.63) is 28.8 Å². The molecule has 1 aromatic rings. The van der Waals surface area contributed by atoms with Crippen LogP contribution >= 0.6 is 11.6 Å². The van der Waals surface area contributed by atoms with Gasteiger partial charge in [-0.05, 0) is 50.5 Å². The van der Waals surface area contributed by atoms with Gasteiger partial charge in [-0.2, -0.15) is 5.26 Å². The minimum absolute atomic E-state index is 0.0359. The van der Waals surface area contributed by atoms with Crippen LogP contribution in [0, 0.1) is 11.3 Å². The van der Waals surface area contributed by atoms with Crippen molar-refractivity contribution in [1.82, 2.24) is 5.32 Å². The number of benzene rings is 1. The summed E-state index contributed by atoms with van der Waals surface area (Å²) in [6.07, 6.45) is 7.46. The second-order valence-electron chi connectivity index (χ2n) is 6.78. The van der Waals surface area contributed by atoms with Gasteiger partial charge < -0.3 is 14.8 Å². The van der Waals surface area contributed by atoms with Crippen LogP contribution in [0.1, 0.15) is 51.5 Å². The van der Waals surface area contributed by atoms with Gasteiger partial charge in [-0.1, -0.05) is 30.9 Å². The molecule has 0 saturated heterocycles. The number of hydrogen-bond acceptors (Lipinski definition) is 4. The molecule has 1 aliphatic carbocycles. The molecule has 0 bridgehead atoms.